The minimum Gasteiger partial charge on any atom is -0.494 e. The fraction of sp³-hybridized carbons (Fsp3) is 0.389. The number of rotatable bonds is 7. The Balaban J connectivity index is 0.00000312. The molecule has 1 aromatic carbocycles. The van der Waals surface area contributed by atoms with Gasteiger partial charge in [0.1, 0.15) is 23.0 Å². The first kappa shape index (κ1) is 21.1. The number of nitrogens with two attached hydrogens (primary N) is 1. The average molecular weight is 459 g/mol. The number of ether oxygens (including phenoxy) is 2. The topological polar surface area (TPSA) is 82.0 Å². The number of furan rings is 1. The molecule has 2 aromatic rings. The smallest absolute Gasteiger partial charge is 0.193 e. The van der Waals surface area contributed by atoms with E-state index in [0.717, 1.165) is 28.5 Å². The summed E-state index contributed by atoms with van der Waals surface area (Å²) in [7, 11) is 0. The van der Waals surface area contributed by atoms with Crippen molar-refractivity contribution in [3.05, 3.63) is 41.3 Å². The van der Waals surface area contributed by atoms with Gasteiger partial charge in [0.15, 0.2) is 5.96 Å². The molecule has 0 unspecified atom stereocenters. The van der Waals surface area contributed by atoms with Crippen molar-refractivity contribution in [2.75, 3.05) is 18.5 Å². The molecule has 0 saturated heterocycles. The number of halogens is 1. The molecular formula is C18H26IN3O3. The van der Waals surface area contributed by atoms with Crippen LogP contribution in [0.3, 0.4) is 0 Å². The summed E-state index contributed by atoms with van der Waals surface area (Å²) in [5.41, 5.74) is 7.76. The van der Waals surface area contributed by atoms with Gasteiger partial charge in [0.25, 0.3) is 0 Å². The molecule has 0 atom stereocenters. The van der Waals surface area contributed by atoms with Crippen molar-refractivity contribution in [1.29, 1.82) is 0 Å². The molecule has 0 aliphatic rings. The van der Waals surface area contributed by atoms with Crippen molar-refractivity contribution in [2.45, 2.75) is 34.2 Å². The highest BCUT2D eigenvalue weighted by molar-refractivity contribution is 14.0. The Morgan fingerprint density at radius 2 is 1.88 bits per heavy atom. The molecule has 0 radical (unpaired) electrons. The predicted octanol–water partition coefficient (Wildman–Crippen LogP) is 4.24. The van der Waals surface area contributed by atoms with Gasteiger partial charge in [0, 0.05) is 11.6 Å². The molecule has 6 nitrogen and oxygen atoms in total. The van der Waals surface area contributed by atoms with Gasteiger partial charge in [0.2, 0.25) is 0 Å². The van der Waals surface area contributed by atoms with Crippen LogP contribution in [0.2, 0.25) is 0 Å². The van der Waals surface area contributed by atoms with Gasteiger partial charge in [-0.05, 0) is 45.9 Å². The van der Waals surface area contributed by atoms with Crippen LogP contribution in [-0.4, -0.2) is 19.2 Å². The molecule has 25 heavy (non-hydrogen) atoms. The Kier molecular flexibility index (Phi) is 8.60. The zero-order chi connectivity index (χ0) is 17.5. The van der Waals surface area contributed by atoms with Gasteiger partial charge in [-0.1, -0.05) is 0 Å². The fourth-order valence-electron chi connectivity index (χ4n) is 2.33. The molecule has 0 saturated carbocycles. The van der Waals surface area contributed by atoms with E-state index < -0.39 is 0 Å². The molecule has 0 bridgehead atoms. The number of nitrogens with one attached hydrogen (secondary N) is 1. The number of nitrogens with zero attached hydrogens (tertiary/aromatic N) is 1. The number of hydrogen-bond donors (Lipinski definition) is 2. The molecular weight excluding hydrogens is 433 g/mol. The molecule has 3 N–H and O–H groups in total. The predicted molar refractivity (Wildman–Crippen MR) is 111 cm³/mol. The second-order valence-corrected chi connectivity index (χ2v) is 5.29. The van der Waals surface area contributed by atoms with E-state index in [9.17, 15) is 0 Å². The van der Waals surface area contributed by atoms with Crippen LogP contribution in [0.15, 0.2) is 33.7 Å². The van der Waals surface area contributed by atoms with Crippen molar-refractivity contribution >= 4 is 35.6 Å². The molecule has 138 valence electrons. The third-order valence-electron chi connectivity index (χ3n) is 3.39. The number of benzene rings is 1. The summed E-state index contributed by atoms with van der Waals surface area (Å²) in [6, 6.07) is 7.54. The maximum atomic E-state index is 6.01. The van der Waals surface area contributed by atoms with Crippen LogP contribution in [0.25, 0.3) is 0 Å². The van der Waals surface area contributed by atoms with Gasteiger partial charge in [-0.25, -0.2) is 4.99 Å². The highest BCUT2D eigenvalue weighted by Crippen LogP contribution is 2.29. The van der Waals surface area contributed by atoms with Gasteiger partial charge in [-0.15, -0.1) is 24.0 Å². The van der Waals surface area contributed by atoms with E-state index in [0.29, 0.717) is 31.5 Å². The Morgan fingerprint density at radius 3 is 2.48 bits per heavy atom. The first-order chi connectivity index (χ1) is 11.5. The number of aryl methyl sites for hydroxylation is 2. The number of hydrogen-bond acceptors (Lipinski definition) is 4. The standard InChI is InChI=1S/C18H25N3O3.HI/c1-5-22-15-7-8-17(23-6-2)16(10-15)21-18(19)20-11-14-9-12(3)24-13(14)4;/h7-10H,5-6,11H2,1-4H3,(H3,19,20,21);1H. The Bertz CT molecular complexity index is 714. The summed E-state index contributed by atoms with van der Waals surface area (Å²) in [5.74, 6) is 3.49. The van der Waals surface area contributed by atoms with Crippen molar-refractivity contribution < 1.29 is 13.9 Å². The summed E-state index contributed by atoms with van der Waals surface area (Å²) in [6.45, 7) is 9.31. The molecule has 0 fully saturated rings. The number of anilines is 1. The second kappa shape index (κ2) is 10.2. The maximum Gasteiger partial charge on any atom is 0.193 e. The minimum absolute atomic E-state index is 0. The van der Waals surface area contributed by atoms with Gasteiger partial charge in [-0.2, -0.15) is 0 Å². The first-order valence-corrected chi connectivity index (χ1v) is 8.06. The summed E-state index contributed by atoms with van der Waals surface area (Å²) in [5, 5.41) is 3.08. The van der Waals surface area contributed by atoms with Gasteiger partial charge < -0.3 is 24.9 Å². The lowest BCUT2D eigenvalue weighted by Gasteiger charge is -2.13. The molecule has 2 rings (SSSR count). The molecule has 0 aliphatic carbocycles. The Morgan fingerprint density at radius 1 is 1.16 bits per heavy atom. The number of guanidine groups is 1. The van der Waals surface area contributed by atoms with Crippen molar-refractivity contribution in [3.63, 3.8) is 0 Å². The SMILES string of the molecule is CCOc1ccc(OCC)c(NC(N)=NCc2cc(C)oc2C)c1.I. The van der Waals surface area contributed by atoms with E-state index in [1.165, 1.54) is 0 Å². The summed E-state index contributed by atoms with van der Waals surface area (Å²) < 4.78 is 16.6. The fourth-order valence-corrected chi connectivity index (χ4v) is 2.33. The van der Waals surface area contributed by atoms with E-state index in [1.807, 2.05) is 52.0 Å². The molecule has 1 heterocycles. The van der Waals surface area contributed by atoms with Crippen LogP contribution in [-0.2, 0) is 6.54 Å². The second-order valence-electron chi connectivity index (χ2n) is 5.29. The Hall–Kier alpha value is -1.90. The van der Waals surface area contributed by atoms with Crippen LogP contribution >= 0.6 is 24.0 Å². The Labute approximate surface area is 165 Å². The van der Waals surface area contributed by atoms with E-state index >= 15 is 0 Å². The maximum absolute atomic E-state index is 6.01. The lowest BCUT2D eigenvalue weighted by atomic mass is 10.2. The number of aliphatic imine (C=N–C) groups is 1. The molecule has 0 amide bonds. The quantitative estimate of drug-likeness (QED) is 0.368. The summed E-state index contributed by atoms with van der Waals surface area (Å²) >= 11 is 0. The van der Waals surface area contributed by atoms with Crippen LogP contribution in [0.1, 0.15) is 30.9 Å². The van der Waals surface area contributed by atoms with Crippen molar-refractivity contribution in [2.24, 2.45) is 10.7 Å². The lowest BCUT2D eigenvalue weighted by Crippen LogP contribution is -2.23. The third kappa shape index (κ3) is 6.15. The molecule has 0 aliphatic heterocycles. The zero-order valence-corrected chi connectivity index (χ0v) is 17.4. The highest BCUT2D eigenvalue weighted by Gasteiger charge is 2.08. The molecule has 7 heteroatoms. The molecule has 0 spiro atoms. The van der Waals surface area contributed by atoms with Crippen molar-refractivity contribution in [1.82, 2.24) is 0 Å². The van der Waals surface area contributed by atoms with Crippen LogP contribution in [0, 0.1) is 13.8 Å². The highest BCUT2D eigenvalue weighted by atomic mass is 127. The van der Waals surface area contributed by atoms with Gasteiger partial charge >= 0.3 is 0 Å². The molecule has 1 aromatic heterocycles. The summed E-state index contributed by atoms with van der Waals surface area (Å²) in [6.07, 6.45) is 0. The van der Waals surface area contributed by atoms with Gasteiger partial charge in [-0.3, -0.25) is 0 Å². The van der Waals surface area contributed by atoms with Crippen LogP contribution in [0.4, 0.5) is 5.69 Å². The van der Waals surface area contributed by atoms with E-state index in [4.69, 9.17) is 19.6 Å². The normalized spacial score (nSPS) is 11.0. The minimum atomic E-state index is 0. The first-order valence-electron chi connectivity index (χ1n) is 8.06. The van der Waals surface area contributed by atoms with E-state index in [1.54, 1.807) is 0 Å². The third-order valence-corrected chi connectivity index (χ3v) is 3.39. The monoisotopic (exact) mass is 459 g/mol. The van der Waals surface area contributed by atoms with Crippen molar-refractivity contribution in [3.8, 4) is 11.5 Å². The zero-order valence-electron chi connectivity index (χ0n) is 15.1. The summed E-state index contributed by atoms with van der Waals surface area (Å²) in [4.78, 5) is 4.37. The van der Waals surface area contributed by atoms with E-state index in [2.05, 4.69) is 10.3 Å². The van der Waals surface area contributed by atoms with Gasteiger partial charge in [0.05, 0.1) is 25.4 Å². The van der Waals surface area contributed by atoms with E-state index in [-0.39, 0.29) is 24.0 Å². The van der Waals surface area contributed by atoms with Crippen LogP contribution in [0.5, 0.6) is 11.5 Å². The largest absolute Gasteiger partial charge is 0.494 e. The average Bonchev–Trinajstić information content (AvgIpc) is 2.86. The van der Waals surface area contributed by atoms with Crippen LogP contribution < -0.4 is 20.5 Å². The lowest BCUT2D eigenvalue weighted by molar-refractivity contribution is 0.332.